The standard InChI is InChI=1S/C30H37N5O4Si/c1-22-8-10-23(11-9-22)35-28(20-29(33-35)40(2,3)21-36)32-30(37)31-26-12-13-27(25-7-5-4-6-24(25)26)39-19-16-34-14-17-38-18-15-34/h4-13,20,36H,14-19,21H2,1-3H3,(H2,31,32,37). The van der Waals surface area contributed by atoms with Crippen molar-refractivity contribution in [2.24, 2.45) is 0 Å². The van der Waals surface area contributed by atoms with Crippen LogP contribution < -0.4 is 20.7 Å². The Morgan fingerprint density at radius 1 is 1.02 bits per heavy atom. The fourth-order valence-electron chi connectivity index (χ4n) is 4.65. The van der Waals surface area contributed by atoms with E-state index in [-0.39, 0.29) is 12.3 Å². The monoisotopic (exact) mass is 559 g/mol. The second kappa shape index (κ2) is 12.2. The van der Waals surface area contributed by atoms with Crippen LogP contribution in [-0.4, -0.2) is 79.6 Å². The number of aliphatic hydroxyl groups is 1. The van der Waals surface area contributed by atoms with Crippen molar-refractivity contribution in [3.63, 3.8) is 0 Å². The number of nitrogens with zero attached hydrogens (tertiary/aromatic N) is 3. The highest BCUT2D eigenvalue weighted by Crippen LogP contribution is 2.32. The zero-order chi connectivity index (χ0) is 28.1. The molecule has 1 saturated heterocycles. The molecule has 0 aliphatic carbocycles. The summed E-state index contributed by atoms with van der Waals surface area (Å²) in [5.74, 6) is 1.32. The number of urea groups is 1. The van der Waals surface area contributed by atoms with Gasteiger partial charge in [-0.1, -0.05) is 55.1 Å². The molecule has 2 heterocycles. The normalized spacial score (nSPS) is 14.3. The van der Waals surface area contributed by atoms with Gasteiger partial charge in [0.2, 0.25) is 0 Å². The number of hydrogen-bond acceptors (Lipinski definition) is 6. The molecule has 0 unspecified atom stereocenters. The Kier molecular flexibility index (Phi) is 8.51. The topological polar surface area (TPSA) is 101 Å². The number of hydrogen-bond donors (Lipinski definition) is 3. The number of rotatable bonds is 9. The third-order valence-corrected chi connectivity index (χ3v) is 9.64. The molecule has 10 heteroatoms. The number of aromatic nitrogens is 2. The van der Waals surface area contributed by atoms with Crippen LogP contribution in [0.4, 0.5) is 16.3 Å². The molecule has 0 radical (unpaired) electrons. The van der Waals surface area contributed by atoms with E-state index in [1.165, 1.54) is 0 Å². The van der Waals surface area contributed by atoms with E-state index in [1.807, 2.05) is 73.7 Å². The molecule has 3 aromatic carbocycles. The molecule has 0 spiro atoms. The van der Waals surface area contributed by atoms with Gasteiger partial charge in [0, 0.05) is 36.6 Å². The van der Waals surface area contributed by atoms with Gasteiger partial charge in [0.15, 0.2) is 0 Å². The van der Waals surface area contributed by atoms with Gasteiger partial charge in [0.25, 0.3) is 0 Å². The van der Waals surface area contributed by atoms with Crippen LogP contribution in [0.1, 0.15) is 5.56 Å². The summed E-state index contributed by atoms with van der Waals surface area (Å²) in [7, 11) is -2.17. The Bertz CT molecular complexity index is 1460. The van der Waals surface area contributed by atoms with E-state index in [4.69, 9.17) is 14.6 Å². The third-order valence-electron chi connectivity index (χ3n) is 7.22. The van der Waals surface area contributed by atoms with Crippen molar-refractivity contribution in [3.8, 4) is 11.4 Å². The van der Waals surface area contributed by atoms with Gasteiger partial charge in [-0.15, -0.1) is 0 Å². The molecule has 0 atom stereocenters. The number of amides is 2. The maximum Gasteiger partial charge on any atom is 0.324 e. The number of aryl methyl sites for hydroxylation is 1. The predicted octanol–water partition coefficient (Wildman–Crippen LogP) is 4.14. The molecule has 5 rings (SSSR count). The zero-order valence-electron chi connectivity index (χ0n) is 23.3. The molecule has 40 heavy (non-hydrogen) atoms. The molecule has 0 saturated carbocycles. The molecule has 3 N–H and O–H groups in total. The Morgan fingerprint density at radius 2 is 1.75 bits per heavy atom. The lowest BCUT2D eigenvalue weighted by Gasteiger charge is -2.26. The summed E-state index contributed by atoms with van der Waals surface area (Å²) in [4.78, 5) is 15.6. The Labute approximate surface area is 235 Å². The molecule has 210 valence electrons. The highest BCUT2D eigenvalue weighted by molar-refractivity contribution is 6.89. The SMILES string of the molecule is Cc1ccc(-n2nc([Si](C)(C)CO)cc2NC(=O)Nc2ccc(OCCN3CCOCC3)c3ccccc23)cc1. The number of nitrogens with one attached hydrogen (secondary N) is 2. The van der Waals surface area contributed by atoms with Crippen LogP contribution in [0.15, 0.2) is 66.7 Å². The summed E-state index contributed by atoms with van der Waals surface area (Å²) >= 11 is 0. The van der Waals surface area contributed by atoms with E-state index >= 15 is 0 Å². The maximum absolute atomic E-state index is 13.3. The van der Waals surface area contributed by atoms with Crippen LogP contribution >= 0.6 is 0 Å². The maximum atomic E-state index is 13.3. The van der Waals surface area contributed by atoms with Gasteiger partial charge in [0.05, 0.1) is 29.9 Å². The van der Waals surface area contributed by atoms with Crippen LogP contribution in [0.2, 0.25) is 13.1 Å². The van der Waals surface area contributed by atoms with Gasteiger partial charge in [-0.2, -0.15) is 5.10 Å². The van der Waals surface area contributed by atoms with Crippen molar-refractivity contribution in [2.45, 2.75) is 20.0 Å². The smallest absolute Gasteiger partial charge is 0.324 e. The van der Waals surface area contributed by atoms with Gasteiger partial charge in [-0.3, -0.25) is 10.2 Å². The molecule has 0 bridgehead atoms. The van der Waals surface area contributed by atoms with Crippen molar-refractivity contribution in [3.05, 3.63) is 72.3 Å². The van der Waals surface area contributed by atoms with Crippen LogP contribution in [0, 0.1) is 6.92 Å². The molecule has 1 aliphatic heterocycles. The largest absolute Gasteiger partial charge is 0.492 e. The first-order valence-electron chi connectivity index (χ1n) is 13.7. The van der Waals surface area contributed by atoms with Crippen molar-refractivity contribution in [2.75, 3.05) is 56.3 Å². The Morgan fingerprint density at radius 3 is 2.48 bits per heavy atom. The van der Waals surface area contributed by atoms with E-state index in [0.717, 1.165) is 65.9 Å². The number of carbonyl (C=O) groups is 1. The minimum Gasteiger partial charge on any atom is -0.492 e. The summed E-state index contributed by atoms with van der Waals surface area (Å²) in [6.07, 6.45) is 0.0659. The average molecular weight is 560 g/mol. The summed E-state index contributed by atoms with van der Waals surface area (Å²) in [5, 5.41) is 23.4. The van der Waals surface area contributed by atoms with E-state index < -0.39 is 8.07 Å². The van der Waals surface area contributed by atoms with E-state index in [9.17, 15) is 9.90 Å². The van der Waals surface area contributed by atoms with Gasteiger partial charge in [-0.25, -0.2) is 9.48 Å². The molecule has 9 nitrogen and oxygen atoms in total. The fourth-order valence-corrected chi connectivity index (χ4v) is 5.71. The number of carbonyl (C=O) groups excluding carboxylic acids is 1. The predicted molar refractivity (Wildman–Crippen MR) is 162 cm³/mol. The van der Waals surface area contributed by atoms with Crippen LogP contribution in [0.25, 0.3) is 16.5 Å². The lowest BCUT2D eigenvalue weighted by Crippen LogP contribution is -2.46. The summed E-state index contributed by atoms with van der Waals surface area (Å²) < 4.78 is 13.3. The highest BCUT2D eigenvalue weighted by Gasteiger charge is 2.28. The first-order valence-corrected chi connectivity index (χ1v) is 16.9. The summed E-state index contributed by atoms with van der Waals surface area (Å²) in [6.45, 7) is 10.9. The highest BCUT2D eigenvalue weighted by atomic mass is 28.3. The van der Waals surface area contributed by atoms with Crippen molar-refractivity contribution >= 4 is 41.7 Å². The lowest BCUT2D eigenvalue weighted by molar-refractivity contribution is 0.0323. The van der Waals surface area contributed by atoms with Gasteiger partial charge >= 0.3 is 6.03 Å². The molecule has 4 aromatic rings. The number of ether oxygens (including phenoxy) is 2. The molecular weight excluding hydrogens is 522 g/mol. The minimum absolute atomic E-state index is 0.0659. The third kappa shape index (κ3) is 6.36. The Balaban J connectivity index is 1.34. The second-order valence-electron chi connectivity index (χ2n) is 10.7. The Hall–Kier alpha value is -3.70. The lowest BCUT2D eigenvalue weighted by atomic mass is 10.1. The number of fused-ring (bicyclic) bond motifs is 1. The number of aliphatic hydroxyl groups excluding tert-OH is 1. The van der Waals surface area contributed by atoms with Gasteiger partial charge < -0.3 is 19.9 Å². The average Bonchev–Trinajstić information content (AvgIpc) is 3.39. The van der Waals surface area contributed by atoms with Crippen molar-refractivity contribution in [1.82, 2.24) is 14.7 Å². The van der Waals surface area contributed by atoms with Crippen LogP contribution in [0.3, 0.4) is 0 Å². The van der Waals surface area contributed by atoms with Crippen molar-refractivity contribution < 1.29 is 19.4 Å². The van der Waals surface area contributed by atoms with Gasteiger partial charge in [-0.05, 0) is 37.3 Å². The number of morpholine rings is 1. The summed E-state index contributed by atoms with van der Waals surface area (Å²) in [5.41, 5.74) is 2.65. The quantitative estimate of drug-likeness (QED) is 0.267. The van der Waals surface area contributed by atoms with Crippen LogP contribution in [0.5, 0.6) is 5.75 Å². The second-order valence-corrected chi connectivity index (χ2v) is 15.3. The summed E-state index contributed by atoms with van der Waals surface area (Å²) in [6, 6.07) is 21.1. The van der Waals surface area contributed by atoms with Gasteiger partial charge in [0.1, 0.15) is 26.2 Å². The van der Waals surface area contributed by atoms with E-state index in [2.05, 4.69) is 28.6 Å². The molecule has 2 amide bonds. The zero-order valence-corrected chi connectivity index (χ0v) is 24.3. The molecular formula is C30H37N5O4Si. The van der Waals surface area contributed by atoms with Crippen LogP contribution in [-0.2, 0) is 4.74 Å². The van der Waals surface area contributed by atoms with E-state index in [0.29, 0.717) is 18.1 Å². The first-order chi connectivity index (χ1) is 19.3. The van der Waals surface area contributed by atoms with Crippen molar-refractivity contribution in [1.29, 1.82) is 0 Å². The molecule has 1 aromatic heterocycles. The molecule has 1 aliphatic rings. The van der Waals surface area contributed by atoms with E-state index in [1.54, 1.807) is 4.68 Å². The fraction of sp³-hybridized carbons (Fsp3) is 0.333. The minimum atomic E-state index is -2.17. The first kappa shape index (κ1) is 27.8. The molecule has 1 fully saturated rings. The number of anilines is 2. The number of benzene rings is 3.